The van der Waals surface area contributed by atoms with Crippen molar-refractivity contribution in [3.05, 3.63) is 102 Å². The van der Waals surface area contributed by atoms with Gasteiger partial charge in [0.2, 0.25) is 6.41 Å². The normalized spacial score (nSPS) is 11.2. The summed E-state index contributed by atoms with van der Waals surface area (Å²) in [5.41, 5.74) is 4.29. The molecule has 0 saturated heterocycles. The van der Waals surface area contributed by atoms with Gasteiger partial charge in [-0.15, -0.1) is 0 Å². The zero-order chi connectivity index (χ0) is 22.9. The third-order valence-corrected chi connectivity index (χ3v) is 5.02. The lowest BCUT2D eigenvalue weighted by Gasteiger charge is -2.14. The Labute approximate surface area is 186 Å². The third-order valence-electron chi connectivity index (χ3n) is 5.02. The predicted molar refractivity (Wildman–Crippen MR) is 126 cm³/mol. The molecule has 164 valence electrons. The standard InChI is InChI=1S/C18H18N2O.C8H8FNO/c1-13(12-14-6-3-2-4-7-14)20-18(21)16-8-5-9-17-15(16)10-11-19-17;1-6-2-3-7(9)4-8(6)10-5-11/h2-11,13,19H,12H2,1H3,(H,20,21);2-5H,1H3,(H,10,11). The van der Waals surface area contributed by atoms with Crippen molar-refractivity contribution in [3.8, 4) is 0 Å². The molecular formula is C26H26FN3O2. The Hall–Kier alpha value is -3.93. The number of H-pyrrole nitrogens is 1. The maximum absolute atomic E-state index is 12.5. The van der Waals surface area contributed by atoms with Gasteiger partial charge in [0, 0.05) is 34.4 Å². The van der Waals surface area contributed by atoms with Crippen LogP contribution in [0.1, 0.15) is 28.4 Å². The molecule has 2 amide bonds. The molecule has 1 heterocycles. The van der Waals surface area contributed by atoms with Gasteiger partial charge in [0.15, 0.2) is 0 Å². The highest BCUT2D eigenvalue weighted by atomic mass is 19.1. The average Bonchev–Trinajstić information content (AvgIpc) is 3.26. The fourth-order valence-electron chi connectivity index (χ4n) is 3.42. The minimum Gasteiger partial charge on any atom is -0.361 e. The monoisotopic (exact) mass is 431 g/mol. The van der Waals surface area contributed by atoms with E-state index in [0.717, 1.165) is 22.9 Å². The van der Waals surface area contributed by atoms with Crippen LogP contribution in [0.3, 0.4) is 0 Å². The van der Waals surface area contributed by atoms with Crippen molar-refractivity contribution < 1.29 is 14.0 Å². The Balaban J connectivity index is 0.000000222. The number of aromatic nitrogens is 1. The molecule has 4 aromatic rings. The van der Waals surface area contributed by atoms with E-state index in [-0.39, 0.29) is 17.8 Å². The first-order valence-corrected chi connectivity index (χ1v) is 10.3. The minimum atomic E-state index is -0.347. The van der Waals surface area contributed by atoms with Gasteiger partial charge in [0.05, 0.1) is 0 Å². The van der Waals surface area contributed by atoms with Gasteiger partial charge in [-0.25, -0.2) is 4.39 Å². The van der Waals surface area contributed by atoms with E-state index in [1.807, 2.05) is 55.6 Å². The van der Waals surface area contributed by atoms with Crippen LogP contribution in [0.15, 0.2) is 79.0 Å². The van der Waals surface area contributed by atoms with Crippen LogP contribution in [-0.2, 0) is 11.2 Å². The van der Waals surface area contributed by atoms with Gasteiger partial charge in [-0.05, 0) is 61.7 Å². The van der Waals surface area contributed by atoms with E-state index < -0.39 is 0 Å². The summed E-state index contributed by atoms with van der Waals surface area (Å²) in [6, 6.07) is 22.2. The summed E-state index contributed by atoms with van der Waals surface area (Å²) < 4.78 is 12.5. The fourth-order valence-corrected chi connectivity index (χ4v) is 3.42. The van der Waals surface area contributed by atoms with Gasteiger partial charge in [-0.1, -0.05) is 42.5 Å². The number of nitrogens with one attached hydrogen (secondary N) is 3. The molecule has 6 heteroatoms. The minimum absolute atomic E-state index is 0.0244. The summed E-state index contributed by atoms with van der Waals surface area (Å²) in [6.45, 7) is 3.83. The van der Waals surface area contributed by atoms with Crippen molar-refractivity contribution in [2.45, 2.75) is 26.3 Å². The molecule has 3 N–H and O–H groups in total. The van der Waals surface area contributed by atoms with Crippen LogP contribution in [-0.4, -0.2) is 23.3 Å². The second kappa shape index (κ2) is 10.9. The van der Waals surface area contributed by atoms with Crippen LogP contribution in [0.5, 0.6) is 0 Å². The highest BCUT2D eigenvalue weighted by Crippen LogP contribution is 2.17. The SMILES string of the molecule is CC(Cc1ccccc1)NC(=O)c1cccc2[nH]ccc12.Cc1ccc(F)cc1NC=O. The molecule has 4 rings (SSSR count). The molecule has 0 radical (unpaired) electrons. The van der Waals surface area contributed by atoms with Crippen LogP contribution in [0.2, 0.25) is 0 Å². The number of aryl methyl sites for hydroxylation is 1. The summed E-state index contributed by atoms with van der Waals surface area (Å²) in [4.78, 5) is 25.6. The van der Waals surface area contributed by atoms with Gasteiger partial charge >= 0.3 is 0 Å². The van der Waals surface area contributed by atoms with E-state index in [4.69, 9.17) is 0 Å². The number of carbonyl (C=O) groups is 2. The first-order valence-electron chi connectivity index (χ1n) is 10.3. The second-order valence-corrected chi connectivity index (χ2v) is 7.53. The molecule has 0 aliphatic carbocycles. The van der Waals surface area contributed by atoms with Crippen molar-refractivity contribution in [3.63, 3.8) is 0 Å². The molecule has 0 aliphatic rings. The van der Waals surface area contributed by atoms with E-state index in [1.54, 1.807) is 13.0 Å². The van der Waals surface area contributed by atoms with Gasteiger partial charge in [-0.3, -0.25) is 9.59 Å². The van der Waals surface area contributed by atoms with Crippen molar-refractivity contribution >= 4 is 28.9 Å². The molecule has 0 fully saturated rings. The van der Waals surface area contributed by atoms with Crippen molar-refractivity contribution in [2.75, 3.05) is 5.32 Å². The number of benzene rings is 3. The van der Waals surface area contributed by atoms with Crippen LogP contribution in [0.4, 0.5) is 10.1 Å². The van der Waals surface area contributed by atoms with Crippen LogP contribution >= 0.6 is 0 Å². The zero-order valence-electron chi connectivity index (χ0n) is 18.1. The lowest BCUT2D eigenvalue weighted by atomic mass is 10.1. The molecule has 1 unspecified atom stereocenters. The Morgan fingerprint density at radius 3 is 2.59 bits per heavy atom. The third kappa shape index (κ3) is 6.04. The first-order chi connectivity index (χ1) is 15.5. The van der Waals surface area contributed by atoms with Gasteiger partial charge in [-0.2, -0.15) is 0 Å². The summed E-state index contributed by atoms with van der Waals surface area (Å²) in [7, 11) is 0. The van der Waals surface area contributed by atoms with Gasteiger partial charge in [0.1, 0.15) is 5.82 Å². The lowest BCUT2D eigenvalue weighted by Crippen LogP contribution is -2.34. The number of carbonyl (C=O) groups excluding carboxylic acids is 2. The summed E-state index contributed by atoms with van der Waals surface area (Å²) >= 11 is 0. The Bertz CT molecular complexity index is 1190. The van der Waals surface area contributed by atoms with E-state index in [1.165, 1.54) is 17.7 Å². The Morgan fingerprint density at radius 1 is 1.06 bits per heavy atom. The number of fused-ring (bicyclic) bond motifs is 1. The van der Waals surface area contributed by atoms with Gasteiger partial charge < -0.3 is 15.6 Å². The fraction of sp³-hybridized carbons (Fsp3) is 0.154. The van der Waals surface area contributed by atoms with Crippen LogP contribution in [0.25, 0.3) is 10.9 Å². The molecule has 0 saturated carbocycles. The molecule has 32 heavy (non-hydrogen) atoms. The molecule has 5 nitrogen and oxygen atoms in total. The second-order valence-electron chi connectivity index (χ2n) is 7.53. The number of anilines is 1. The number of hydrogen-bond donors (Lipinski definition) is 3. The number of hydrogen-bond acceptors (Lipinski definition) is 2. The molecule has 3 aromatic carbocycles. The molecule has 1 atom stereocenters. The largest absolute Gasteiger partial charge is 0.361 e. The van der Waals surface area contributed by atoms with Crippen LogP contribution in [0, 0.1) is 12.7 Å². The van der Waals surface area contributed by atoms with Crippen molar-refractivity contribution in [1.82, 2.24) is 10.3 Å². The molecule has 1 aromatic heterocycles. The maximum Gasteiger partial charge on any atom is 0.252 e. The summed E-state index contributed by atoms with van der Waals surface area (Å²) in [6.07, 6.45) is 3.21. The van der Waals surface area contributed by atoms with Gasteiger partial charge in [0.25, 0.3) is 5.91 Å². The van der Waals surface area contributed by atoms with E-state index >= 15 is 0 Å². The van der Waals surface area contributed by atoms with E-state index in [0.29, 0.717) is 17.7 Å². The Morgan fingerprint density at radius 2 is 1.84 bits per heavy atom. The summed E-state index contributed by atoms with van der Waals surface area (Å²) in [5.74, 6) is -0.372. The molecule has 0 bridgehead atoms. The van der Waals surface area contributed by atoms with Crippen LogP contribution < -0.4 is 10.6 Å². The van der Waals surface area contributed by atoms with Crippen molar-refractivity contribution in [1.29, 1.82) is 0 Å². The lowest BCUT2D eigenvalue weighted by molar-refractivity contribution is -0.105. The summed E-state index contributed by atoms with van der Waals surface area (Å²) in [5, 5.41) is 6.43. The smallest absolute Gasteiger partial charge is 0.252 e. The first kappa shape index (κ1) is 22.7. The highest BCUT2D eigenvalue weighted by molar-refractivity contribution is 6.06. The number of amides is 2. The van der Waals surface area contributed by atoms with E-state index in [9.17, 15) is 14.0 Å². The average molecular weight is 432 g/mol. The highest BCUT2D eigenvalue weighted by Gasteiger charge is 2.13. The Kier molecular flexibility index (Phi) is 7.75. The molecule has 0 aliphatic heterocycles. The number of rotatable bonds is 6. The predicted octanol–water partition coefficient (Wildman–Crippen LogP) is 5.23. The quantitative estimate of drug-likeness (QED) is 0.366. The number of halogens is 1. The van der Waals surface area contributed by atoms with Crippen molar-refractivity contribution in [2.24, 2.45) is 0 Å². The maximum atomic E-state index is 12.5. The molecular weight excluding hydrogens is 405 g/mol. The molecule has 0 spiro atoms. The topological polar surface area (TPSA) is 74.0 Å². The number of aromatic amines is 1. The zero-order valence-corrected chi connectivity index (χ0v) is 18.1. The van der Waals surface area contributed by atoms with E-state index in [2.05, 4.69) is 27.8 Å².